The van der Waals surface area contributed by atoms with Crippen LogP contribution in [0.15, 0.2) is 0 Å². The molecule has 0 aliphatic carbocycles. The average molecular weight is 204 g/mol. The third-order valence-electron chi connectivity index (χ3n) is 2.34. The predicted molar refractivity (Wildman–Crippen MR) is 62.6 cm³/mol. The van der Waals surface area contributed by atoms with Crippen molar-refractivity contribution in [3.63, 3.8) is 0 Å². The minimum Gasteiger partial charge on any atom is -0.381 e. The van der Waals surface area contributed by atoms with Crippen molar-refractivity contribution in [2.75, 3.05) is 19.0 Å². The number of hydrogen-bond acceptors (Lipinski definition) is 2. The average Bonchev–Trinajstić information content (AvgIpc) is 2.17. The second-order valence-electron chi connectivity index (χ2n) is 3.57. The van der Waals surface area contributed by atoms with E-state index in [1.807, 2.05) is 0 Å². The van der Waals surface area contributed by atoms with Gasteiger partial charge in [-0.2, -0.15) is 12.6 Å². The van der Waals surface area contributed by atoms with Crippen LogP contribution in [0.3, 0.4) is 0 Å². The molecule has 1 nitrogen and oxygen atoms in total. The van der Waals surface area contributed by atoms with E-state index in [0.29, 0.717) is 0 Å². The molecule has 13 heavy (non-hydrogen) atoms. The van der Waals surface area contributed by atoms with Gasteiger partial charge in [-0.25, -0.2) is 0 Å². The molecule has 0 aliphatic heterocycles. The predicted octanol–water partition coefficient (Wildman–Crippen LogP) is 3.54. The van der Waals surface area contributed by atoms with Gasteiger partial charge in [-0.15, -0.1) is 0 Å². The van der Waals surface area contributed by atoms with E-state index in [0.717, 1.165) is 31.3 Å². The van der Waals surface area contributed by atoms with Crippen LogP contribution in [0.2, 0.25) is 0 Å². The Hall–Kier alpha value is 0.310. The van der Waals surface area contributed by atoms with Crippen molar-refractivity contribution in [3.8, 4) is 0 Å². The number of rotatable bonds is 9. The summed E-state index contributed by atoms with van der Waals surface area (Å²) in [5, 5.41) is 0. The van der Waals surface area contributed by atoms with Crippen molar-refractivity contribution in [1.29, 1.82) is 0 Å². The first-order valence-corrected chi connectivity index (χ1v) is 6.16. The van der Waals surface area contributed by atoms with Crippen LogP contribution in [0.25, 0.3) is 0 Å². The number of unbranched alkanes of at least 4 members (excludes halogenated alkanes) is 1. The van der Waals surface area contributed by atoms with Gasteiger partial charge >= 0.3 is 0 Å². The molecule has 2 heteroatoms. The SMILES string of the molecule is CCCCC(CC)COCCCS. The Balaban J connectivity index is 3.25. The highest BCUT2D eigenvalue weighted by Gasteiger charge is 2.04. The molecule has 1 unspecified atom stereocenters. The molecule has 0 aliphatic rings. The van der Waals surface area contributed by atoms with Gasteiger partial charge in [0.25, 0.3) is 0 Å². The van der Waals surface area contributed by atoms with Crippen LogP contribution in [0.1, 0.15) is 46.0 Å². The van der Waals surface area contributed by atoms with Crippen molar-refractivity contribution in [2.24, 2.45) is 5.92 Å². The molecule has 0 spiro atoms. The lowest BCUT2D eigenvalue weighted by Crippen LogP contribution is -2.09. The van der Waals surface area contributed by atoms with Gasteiger partial charge in [0.2, 0.25) is 0 Å². The first-order valence-electron chi connectivity index (χ1n) is 5.53. The maximum Gasteiger partial charge on any atom is 0.0494 e. The van der Waals surface area contributed by atoms with E-state index in [1.54, 1.807) is 0 Å². The third kappa shape index (κ3) is 8.63. The van der Waals surface area contributed by atoms with Crippen LogP contribution in [-0.4, -0.2) is 19.0 Å². The molecule has 0 aromatic heterocycles. The van der Waals surface area contributed by atoms with Gasteiger partial charge in [0, 0.05) is 13.2 Å². The molecule has 0 rings (SSSR count). The van der Waals surface area contributed by atoms with Crippen LogP contribution in [0.4, 0.5) is 0 Å². The van der Waals surface area contributed by atoms with Crippen LogP contribution in [0, 0.1) is 5.92 Å². The number of thiol groups is 1. The minimum atomic E-state index is 0.778. The second-order valence-corrected chi connectivity index (χ2v) is 4.02. The van der Waals surface area contributed by atoms with Gasteiger partial charge in [-0.05, 0) is 24.5 Å². The summed E-state index contributed by atoms with van der Waals surface area (Å²) < 4.78 is 5.58. The van der Waals surface area contributed by atoms with E-state index in [9.17, 15) is 0 Å². The van der Waals surface area contributed by atoms with Crippen molar-refractivity contribution in [2.45, 2.75) is 46.0 Å². The molecular weight excluding hydrogens is 180 g/mol. The first kappa shape index (κ1) is 13.3. The standard InChI is InChI=1S/C11H24OS/c1-3-5-7-11(4-2)10-12-8-6-9-13/h11,13H,3-10H2,1-2H3. The highest BCUT2D eigenvalue weighted by Crippen LogP contribution is 2.12. The quantitative estimate of drug-likeness (QED) is 0.446. The molecule has 0 fully saturated rings. The summed E-state index contributed by atoms with van der Waals surface area (Å²) in [6.45, 7) is 6.33. The first-order chi connectivity index (χ1) is 6.35. The molecule has 0 heterocycles. The van der Waals surface area contributed by atoms with E-state index in [1.165, 1.54) is 25.7 Å². The van der Waals surface area contributed by atoms with Crippen LogP contribution >= 0.6 is 12.6 Å². The van der Waals surface area contributed by atoms with Crippen LogP contribution in [-0.2, 0) is 4.74 Å². The Morgan fingerprint density at radius 2 is 2.00 bits per heavy atom. The normalized spacial score (nSPS) is 13.2. The Kier molecular flexibility index (Phi) is 10.6. The molecule has 0 bridgehead atoms. The summed E-state index contributed by atoms with van der Waals surface area (Å²) >= 11 is 4.14. The highest BCUT2D eigenvalue weighted by molar-refractivity contribution is 7.80. The molecule has 80 valence electrons. The van der Waals surface area contributed by atoms with Crippen molar-refractivity contribution in [1.82, 2.24) is 0 Å². The van der Waals surface area contributed by atoms with Gasteiger partial charge in [-0.1, -0.05) is 33.1 Å². The number of ether oxygens (including phenoxy) is 1. The Bertz CT molecular complexity index is 96.1. The summed E-state index contributed by atoms with van der Waals surface area (Å²) in [4.78, 5) is 0. The van der Waals surface area contributed by atoms with Gasteiger partial charge in [0.05, 0.1) is 0 Å². The fraction of sp³-hybridized carbons (Fsp3) is 1.00. The van der Waals surface area contributed by atoms with Crippen molar-refractivity contribution in [3.05, 3.63) is 0 Å². The molecule has 0 saturated carbocycles. The molecule has 1 atom stereocenters. The minimum absolute atomic E-state index is 0.778. The number of hydrogen-bond donors (Lipinski definition) is 1. The van der Waals surface area contributed by atoms with E-state index in [2.05, 4.69) is 26.5 Å². The molecule has 0 radical (unpaired) electrons. The van der Waals surface area contributed by atoms with Crippen LogP contribution in [0.5, 0.6) is 0 Å². The molecule has 0 saturated heterocycles. The summed E-state index contributed by atoms with van der Waals surface area (Å²) in [6, 6.07) is 0. The molecule has 0 amide bonds. The van der Waals surface area contributed by atoms with Gasteiger partial charge in [0.15, 0.2) is 0 Å². The highest BCUT2D eigenvalue weighted by atomic mass is 32.1. The van der Waals surface area contributed by atoms with Crippen molar-refractivity contribution < 1.29 is 4.74 Å². The summed E-state index contributed by atoms with van der Waals surface area (Å²) in [6.07, 6.45) is 6.30. The molecular formula is C11H24OS. The zero-order valence-electron chi connectivity index (χ0n) is 9.09. The lowest BCUT2D eigenvalue weighted by molar-refractivity contribution is 0.0950. The summed E-state index contributed by atoms with van der Waals surface area (Å²) in [5.74, 6) is 1.71. The largest absolute Gasteiger partial charge is 0.381 e. The fourth-order valence-electron chi connectivity index (χ4n) is 1.31. The maximum atomic E-state index is 5.58. The Morgan fingerprint density at radius 3 is 2.54 bits per heavy atom. The lowest BCUT2D eigenvalue weighted by Gasteiger charge is -2.14. The Morgan fingerprint density at radius 1 is 1.23 bits per heavy atom. The van der Waals surface area contributed by atoms with E-state index >= 15 is 0 Å². The molecule has 0 N–H and O–H groups in total. The zero-order chi connectivity index (χ0) is 9.94. The monoisotopic (exact) mass is 204 g/mol. The van der Waals surface area contributed by atoms with Crippen molar-refractivity contribution >= 4 is 12.6 Å². The van der Waals surface area contributed by atoms with Gasteiger partial charge in [-0.3, -0.25) is 0 Å². The summed E-state index contributed by atoms with van der Waals surface area (Å²) in [5.41, 5.74) is 0. The topological polar surface area (TPSA) is 9.23 Å². The second kappa shape index (κ2) is 10.4. The van der Waals surface area contributed by atoms with Gasteiger partial charge < -0.3 is 4.74 Å². The lowest BCUT2D eigenvalue weighted by atomic mass is 10.0. The summed E-state index contributed by atoms with van der Waals surface area (Å²) in [7, 11) is 0. The van der Waals surface area contributed by atoms with E-state index in [4.69, 9.17) is 4.74 Å². The van der Waals surface area contributed by atoms with Gasteiger partial charge in [0.1, 0.15) is 0 Å². The third-order valence-corrected chi connectivity index (χ3v) is 2.66. The Labute approximate surface area is 88.7 Å². The molecule has 0 aromatic rings. The van der Waals surface area contributed by atoms with E-state index < -0.39 is 0 Å². The smallest absolute Gasteiger partial charge is 0.0494 e. The maximum absolute atomic E-state index is 5.58. The zero-order valence-corrected chi connectivity index (χ0v) is 9.98. The van der Waals surface area contributed by atoms with Crippen LogP contribution < -0.4 is 0 Å². The fourth-order valence-corrected chi connectivity index (χ4v) is 1.44. The van der Waals surface area contributed by atoms with E-state index in [-0.39, 0.29) is 0 Å². The molecule has 0 aromatic carbocycles.